The van der Waals surface area contributed by atoms with Crippen LogP contribution in [0.2, 0.25) is 0 Å². The van der Waals surface area contributed by atoms with E-state index in [-0.39, 0.29) is 12.5 Å². The van der Waals surface area contributed by atoms with E-state index in [1.807, 2.05) is 0 Å². The molecule has 2 rings (SSSR count). The standard InChI is InChI=1S/C18H18F3N3O4S/c1-3-24(29(27,28)15-9-8-14(19)17(20)18(15)21)10-16(26)23-13-6-4-12(5-7-13)22-11(2)25/h4-9H,3,10H2,1-2H3,(H,22,25)(H,23,26). The molecule has 0 aliphatic heterocycles. The predicted octanol–water partition coefficient (Wildman–Crippen LogP) is 2.71. The second-order valence-corrected chi connectivity index (χ2v) is 7.82. The van der Waals surface area contributed by atoms with Gasteiger partial charge in [-0.05, 0) is 36.4 Å². The van der Waals surface area contributed by atoms with Gasteiger partial charge < -0.3 is 10.6 Å². The van der Waals surface area contributed by atoms with Gasteiger partial charge in [0, 0.05) is 24.8 Å². The summed E-state index contributed by atoms with van der Waals surface area (Å²) in [4.78, 5) is 22.1. The highest BCUT2D eigenvalue weighted by atomic mass is 32.2. The fourth-order valence-electron chi connectivity index (χ4n) is 2.41. The van der Waals surface area contributed by atoms with Crippen molar-refractivity contribution in [3.05, 3.63) is 53.8 Å². The van der Waals surface area contributed by atoms with Crippen molar-refractivity contribution in [2.24, 2.45) is 0 Å². The number of nitrogens with zero attached hydrogens (tertiary/aromatic N) is 1. The van der Waals surface area contributed by atoms with E-state index in [2.05, 4.69) is 10.6 Å². The number of halogens is 3. The molecule has 0 aliphatic carbocycles. The highest BCUT2D eigenvalue weighted by molar-refractivity contribution is 7.89. The lowest BCUT2D eigenvalue weighted by Crippen LogP contribution is -2.38. The van der Waals surface area contributed by atoms with Crippen LogP contribution in [0.4, 0.5) is 24.5 Å². The molecule has 0 atom stereocenters. The molecule has 7 nitrogen and oxygen atoms in total. The highest BCUT2D eigenvalue weighted by Crippen LogP contribution is 2.23. The van der Waals surface area contributed by atoms with E-state index in [0.717, 1.165) is 0 Å². The van der Waals surface area contributed by atoms with Gasteiger partial charge >= 0.3 is 0 Å². The van der Waals surface area contributed by atoms with Gasteiger partial charge in [-0.15, -0.1) is 0 Å². The van der Waals surface area contributed by atoms with E-state index in [4.69, 9.17) is 0 Å². The number of sulfonamides is 1. The first-order chi connectivity index (χ1) is 13.6. The third-order valence-corrected chi connectivity index (χ3v) is 5.72. The summed E-state index contributed by atoms with van der Waals surface area (Å²) < 4.78 is 66.1. The van der Waals surface area contributed by atoms with Crippen molar-refractivity contribution in [1.29, 1.82) is 0 Å². The minimum absolute atomic E-state index is 0.213. The normalized spacial score (nSPS) is 11.4. The first-order valence-electron chi connectivity index (χ1n) is 8.37. The molecule has 0 saturated heterocycles. The Bertz CT molecular complexity index is 1030. The molecule has 11 heteroatoms. The fraction of sp³-hybridized carbons (Fsp3) is 0.222. The lowest BCUT2D eigenvalue weighted by molar-refractivity contribution is -0.116. The summed E-state index contributed by atoms with van der Waals surface area (Å²) in [5, 5.41) is 5.01. The average Bonchev–Trinajstić information content (AvgIpc) is 2.65. The zero-order valence-electron chi connectivity index (χ0n) is 15.5. The van der Waals surface area contributed by atoms with Crippen LogP contribution in [0.1, 0.15) is 13.8 Å². The summed E-state index contributed by atoms with van der Waals surface area (Å²) >= 11 is 0. The second-order valence-electron chi connectivity index (χ2n) is 5.91. The Morgan fingerprint density at radius 3 is 2.00 bits per heavy atom. The molecule has 156 valence electrons. The molecule has 0 radical (unpaired) electrons. The van der Waals surface area contributed by atoms with Gasteiger partial charge in [-0.2, -0.15) is 4.31 Å². The number of carbonyl (C=O) groups excluding carboxylic acids is 2. The van der Waals surface area contributed by atoms with Crippen molar-refractivity contribution in [2.45, 2.75) is 18.7 Å². The van der Waals surface area contributed by atoms with E-state index in [0.29, 0.717) is 27.8 Å². The average molecular weight is 429 g/mol. The van der Waals surface area contributed by atoms with Gasteiger partial charge in [0.25, 0.3) is 0 Å². The highest BCUT2D eigenvalue weighted by Gasteiger charge is 2.30. The third kappa shape index (κ3) is 5.33. The quantitative estimate of drug-likeness (QED) is 0.662. The van der Waals surface area contributed by atoms with Gasteiger partial charge in [-0.1, -0.05) is 6.92 Å². The molecule has 0 spiro atoms. The summed E-state index contributed by atoms with van der Waals surface area (Å²) in [6, 6.07) is 7.14. The van der Waals surface area contributed by atoms with Crippen molar-refractivity contribution in [1.82, 2.24) is 4.31 Å². The Kier molecular flexibility index (Phi) is 6.98. The molecule has 2 amide bonds. The Morgan fingerprint density at radius 2 is 1.48 bits per heavy atom. The van der Waals surface area contributed by atoms with E-state index in [9.17, 15) is 31.2 Å². The van der Waals surface area contributed by atoms with Gasteiger partial charge in [0.15, 0.2) is 17.5 Å². The summed E-state index contributed by atoms with van der Waals surface area (Å²) in [6.45, 7) is 1.86. The molecule has 0 heterocycles. The summed E-state index contributed by atoms with van der Waals surface area (Å²) in [6.07, 6.45) is 0. The van der Waals surface area contributed by atoms with E-state index >= 15 is 0 Å². The molecule has 2 aromatic rings. The molecule has 0 saturated carbocycles. The van der Waals surface area contributed by atoms with Crippen LogP contribution in [0, 0.1) is 17.5 Å². The maximum atomic E-state index is 13.9. The Hall–Kier alpha value is -2.92. The number of benzene rings is 2. The molecule has 0 aromatic heterocycles. The molecular weight excluding hydrogens is 411 g/mol. The maximum absolute atomic E-state index is 13.9. The van der Waals surface area contributed by atoms with Crippen LogP contribution in [0.15, 0.2) is 41.3 Å². The zero-order chi connectivity index (χ0) is 21.8. The largest absolute Gasteiger partial charge is 0.326 e. The van der Waals surface area contributed by atoms with Crippen LogP contribution < -0.4 is 10.6 Å². The predicted molar refractivity (Wildman–Crippen MR) is 100 cm³/mol. The van der Waals surface area contributed by atoms with Crippen LogP contribution in [0.5, 0.6) is 0 Å². The number of rotatable bonds is 7. The lowest BCUT2D eigenvalue weighted by Gasteiger charge is -2.20. The van der Waals surface area contributed by atoms with E-state index in [1.54, 1.807) is 0 Å². The molecular formula is C18H18F3N3O4S. The Morgan fingerprint density at radius 1 is 0.931 bits per heavy atom. The number of carbonyl (C=O) groups is 2. The zero-order valence-corrected chi connectivity index (χ0v) is 16.3. The number of amides is 2. The Labute approximate surface area is 165 Å². The van der Waals surface area contributed by atoms with Crippen LogP contribution in [0.3, 0.4) is 0 Å². The molecule has 29 heavy (non-hydrogen) atoms. The molecule has 0 bridgehead atoms. The van der Waals surface area contributed by atoms with Gasteiger partial charge in [-0.25, -0.2) is 21.6 Å². The van der Waals surface area contributed by atoms with Crippen LogP contribution >= 0.6 is 0 Å². The van der Waals surface area contributed by atoms with Gasteiger partial charge in [-0.3, -0.25) is 9.59 Å². The molecule has 0 unspecified atom stereocenters. The first-order valence-corrected chi connectivity index (χ1v) is 9.81. The molecule has 2 aromatic carbocycles. The SMILES string of the molecule is CCN(CC(=O)Nc1ccc(NC(C)=O)cc1)S(=O)(=O)c1ccc(F)c(F)c1F. The van der Waals surface area contributed by atoms with E-state index in [1.165, 1.54) is 38.1 Å². The third-order valence-electron chi connectivity index (χ3n) is 3.78. The monoisotopic (exact) mass is 429 g/mol. The van der Waals surface area contributed by atoms with Crippen molar-refractivity contribution in [3.8, 4) is 0 Å². The van der Waals surface area contributed by atoms with Crippen molar-refractivity contribution < 1.29 is 31.2 Å². The number of nitrogens with one attached hydrogen (secondary N) is 2. The van der Waals surface area contributed by atoms with Gasteiger partial charge in [0.1, 0.15) is 4.90 Å². The van der Waals surface area contributed by atoms with Crippen molar-refractivity contribution >= 4 is 33.2 Å². The number of hydrogen-bond donors (Lipinski definition) is 2. The van der Waals surface area contributed by atoms with Crippen molar-refractivity contribution in [3.63, 3.8) is 0 Å². The van der Waals surface area contributed by atoms with Crippen LogP contribution in [0.25, 0.3) is 0 Å². The first kappa shape index (κ1) is 22.4. The molecule has 0 aliphatic rings. The fourth-order valence-corrected chi connectivity index (χ4v) is 3.88. The summed E-state index contributed by atoms with van der Waals surface area (Å²) in [5.74, 6) is -6.28. The second kappa shape index (κ2) is 9.05. The topological polar surface area (TPSA) is 95.6 Å². The molecule has 2 N–H and O–H groups in total. The minimum atomic E-state index is -4.59. The Balaban J connectivity index is 2.15. The smallest absolute Gasteiger partial charge is 0.246 e. The van der Waals surface area contributed by atoms with E-state index < -0.39 is 44.8 Å². The molecule has 0 fully saturated rings. The maximum Gasteiger partial charge on any atom is 0.246 e. The van der Waals surface area contributed by atoms with Crippen LogP contribution in [-0.4, -0.2) is 37.6 Å². The number of anilines is 2. The summed E-state index contributed by atoms with van der Waals surface area (Å²) in [7, 11) is -4.59. The number of hydrogen-bond acceptors (Lipinski definition) is 4. The van der Waals surface area contributed by atoms with Gasteiger partial charge in [0.2, 0.25) is 21.8 Å². The lowest BCUT2D eigenvalue weighted by atomic mass is 10.2. The van der Waals surface area contributed by atoms with Gasteiger partial charge in [0.05, 0.1) is 6.54 Å². The van der Waals surface area contributed by atoms with Crippen LogP contribution in [-0.2, 0) is 19.6 Å². The summed E-state index contributed by atoms with van der Waals surface area (Å²) in [5.41, 5.74) is 0.832. The van der Waals surface area contributed by atoms with Crippen molar-refractivity contribution in [2.75, 3.05) is 23.7 Å². The minimum Gasteiger partial charge on any atom is -0.326 e. The number of likely N-dealkylation sites (N-methyl/N-ethyl adjacent to an activating group) is 1.